The van der Waals surface area contributed by atoms with E-state index in [1.165, 1.54) is 0 Å². The van der Waals surface area contributed by atoms with Crippen LogP contribution < -0.4 is 16.0 Å². The zero-order valence-corrected chi connectivity index (χ0v) is 11.7. The second kappa shape index (κ2) is 3.80. The van der Waals surface area contributed by atoms with Crippen molar-refractivity contribution in [2.24, 2.45) is 0 Å². The molecule has 0 fully saturated rings. The third-order valence-corrected chi connectivity index (χ3v) is 4.48. The van der Waals surface area contributed by atoms with Crippen LogP contribution in [0, 0.1) is 0 Å². The summed E-state index contributed by atoms with van der Waals surface area (Å²) in [4.78, 5) is 12.6. The Morgan fingerprint density at radius 1 is 0.773 bits per heavy atom. The molecular formula is C18H13N3O. The van der Waals surface area contributed by atoms with Crippen LogP contribution in [0.15, 0.2) is 60.7 Å². The minimum absolute atomic E-state index is 0.0750. The Morgan fingerprint density at radius 3 is 2.55 bits per heavy atom. The van der Waals surface area contributed by atoms with Crippen LogP contribution in [0.1, 0.15) is 5.56 Å². The molecule has 5 rings (SSSR count). The number of hydrogen-bond donors (Lipinski definition) is 3. The van der Waals surface area contributed by atoms with Crippen molar-refractivity contribution < 1.29 is 4.79 Å². The van der Waals surface area contributed by atoms with Crippen LogP contribution in [-0.4, -0.2) is 5.91 Å². The number of nitrogens with one attached hydrogen (secondary N) is 3. The van der Waals surface area contributed by atoms with Crippen molar-refractivity contribution in [1.29, 1.82) is 0 Å². The summed E-state index contributed by atoms with van der Waals surface area (Å²) in [6.07, 6.45) is 0. The number of amides is 1. The molecule has 1 spiro atoms. The molecule has 1 atom stereocenters. The lowest BCUT2D eigenvalue weighted by molar-refractivity contribution is -0.119. The zero-order valence-electron chi connectivity index (χ0n) is 11.7. The first-order chi connectivity index (χ1) is 10.8. The molecule has 4 nitrogen and oxygen atoms in total. The SMILES string of the molecule is O=C1Nc2ccccc2C12Nc1ccc3ccccc3c1N2. The van der Waals surface area contributed by atoms with E-state index in [1.807, 2.05) is 42.5 Å². The smallest absolute Gasteiger partial charge is 0.275 e. The fraction of sp³-hybridized carbons (Fsp3) is 0.0556. The minimum atomic E-state index is -0.914. The Labute approximate surface area is 127 Å². The number of para-hydroxylation sites is 1. The van der Waals surface area contributed by atoms with Gasteiger partial charge in [-0.05, 0) is 17.5 Å². The maximum atomic E-state index is 12.6. The van der Waals surface area contributed by atoms with Gasteiger partial charge in [-0.25, -0.2) is 0 Å². The molecule has 0 aromatic heterocycles. The number of anilines is 3. The van der Waals surface area contributed by atoms with E-state index in [0.29, 0.717) is 0 Å². The molecule has 22 heavy (non-hydrogen) atoms. The summed E-state index contributed by atoms with van der Waals surface area (Å²) >= 11 is 0. The number of hydrogen-bond acceptors (Lipinski definition) is 3. The molecule has 1 unspecified atom stereocenters. The predicted molar refractivity (Wildman–Crippen MR) is 87.9 cm³/mol. The zero-order chi connectivity index (χ0) is 14.7. The summed E-state index contributed by atoms with van der Waals surface area (Å²) in [5.74, 6) is -0.0750. The lowest BCUT2D eigenvalue weighted by Crippen LogP contribution is -2.45. The first kappa shape index (κ1) is 11.6. The van der Waals surface area contributed by atoms with E-state index in [1.54, 1.807) is 0 Å². The second-order valence-electron chi connectivity index (χ2n) is 5.71. The highest BCUT2D eigenvalue weighted by Gasteiger charge is 2.51. The maximum absolute atomic E-state index is 12.6. The number of carbonyl (C=O) groups excluding carboxylic acids is 1. The van der Waals surface area contributed by atoms with E-state index in [9.17, 15) is 4.79 Å². The highest BCUT2D eigenvalue weighted by atomic mass is 16.2. The van der Waals surface area contributed by atoms with E-state index in [0.717, 1.165) is 33.4 Å². The van der Waals surface area contributed by atoms with Gasteiger partial charge in [0.25, 0.3) is 5.91 Å². The van der Waals surface area contributed by atoms with Crippen molar-refractivity contribution in [2.75, 3.05) is 16.0 Å². The van der Waals surface area contributed by atoms with Crippen LogP contribution in [-0.2, 0) is 10.5 Å². The molecule has 2 heterocycles. The van der Waals surface area contributed by atoms with Gasteiger partial charge in [0.2, 0.25) is 5.66 Å². The molecule has 106 valence electrons. The molecule has 3 aromatic carbocycles. The summed E-state index contributed by atoms with van der Waals surface area (Å²) < 4.78 is 0. The van der Waals surface area contributed by atoms with Gasteiger partial charge in [0.15, 0.2) is 0 Å². The summed E-state index contributed by atoms with van der Waals surface area (Å²) in [5.41, 5.74) is 2.80. The van der Waals surface area contributed by atoms with Crippen molar-refractivity contribution in [3.63, 3.8) is 0 Å². The molecule has 3 aromatic rings. The summed E-state index contributed by atoms with van der Waals surface area (Å²) in [6, 6.07) is 20.0. The molecule has 1 amide bonds. The van der Waals surface area contributed by atoms with Crippen molar-refractivity contribution >= 4 is 33.7 Å². The molecule has 4 heteroatoms. The Balaban J connectivity index is 1.74. The van der Waals surface area contributed by atoms with Crippen molar-refractivity contribution in [2.45, 2.75) is 5.66 Å². The molecule has 0 saturated heterocycles. The van der Waals surface area contributed by atoms with E-state index in [-0.39, 0.29) is 5.91 Å². The molecule has 3 N–H and O–H groups in total. The van der Waals surface area contributed by atoms with Crippen LogP contribution in [0.5, 0.6) is 0 Å². The standard InChI is InChI=1S/C18H13N3O/c22-17-18(13-7-3-4-8-14(13)19-17)20-15-10-9-11-5-1-2-6-12(11)16(15)21-18/h1-10,20-21H,(H,19,22). The third-order valence-electron chi connectivity index (χ3n) is 4.48. The Morgan fingerprint density at radius 2 is 1.59 bits per heavy atom. The van der Waals surface area contributed by atoms with Crippen LogP contribution >= 0.6 is 0 Å². The third kappa shape index (κ3) is 1.29. The van der Waals surface area contributed by atoms with Gasteiger partial charge in [-0.1, -0.05) is 48.5 Å². The van der Waals surface area contributed by atoms with E-state index in [2.05, 4.69) is 34.1 Å². The average Bonchev–Trinajstić information content (AvgIpc) is 3.08. The Bertz CT molecular complexity index is 950. The molecule has 0 bridgehead atoms. The van der Waals surface area contributed by atoms with E-state index >= 15 is 0 Å². The predicted octanol–water partition coefficient (Wildman–Crippen LogP) is 3.48. The maximum Gasteiger partial charge on any atom is 0.275 e. The summed E-state index contributed by atoms with van der Waals surface area (Å²) in [7, 11) is 0. The first-order valence-electron chi connectivity index (χ1n) is 7.27. The minimum Gasteiger partial charge on any atom is -0.349 e. The lowest BCUT2D eigenvalue weighted by atomic mass is 10.0. The summed E-state index contributed by atoms with van der Waals surface area (Å²) in [6.45, 7) is 0. The van der Waals surface area contributed by atoms with Crippen LogP contribution in [0.3, 0.4) is 0 Å². The topological polar surface area (TPSA) is 53.2 Å². The van der Waals surface area contributed by atoms with Crippen LogP contribution in [0.2, 0.25) is 0 Å². The summed E-state index contributed by atoms with van der Waals surface area (Å²) in [5, 5.41) is 12.0. The highest BCUT2D eigenvalue weighted by molar-refractivity contribution is 6.14. The van der Waals surface area contributed by atoms with Gasteiger partial charge >= 0.3 is 0 Å². The van der Waals surface area contributed by atoms with Gasteiger partial charge in [-0.15, -0.1) is 0 Å². The highest BCUT2D eigenvalue weighted by Crippen LogP contribution is 2.47. The normalized spacial score (nSPS) is 21.2. The monoisotopic (exact) mass is 287 g/mol. The first-order valence-corrected chi connectivity index (χ1v) is 7.27. The lowest BCUT2D eigenvalue weighted by Gasteiger charge is -2.23. The molecule has 2 aliphatic rings. The van der Waals surface area contributed by atoms with E-state index in [4.69, 9.17) is 0 Å². The average molecular weight is 287 g/mol. The van der Waals surface area contributed by atoms with Gasteiger partial charge in [0.1, 0.15) is 0 Å². The van der Waals surface area contributed by atoms with Crippen molar-refractivity contribution in [1.82, 2.24) is 0 Å². The van der Waals surface area contributed by atoms with Crippen molar-refractivity contribution in [3.05, 3.63) is 66.2 Å². The number of benzene rings is 3. The Kier molecular flexibility index (Phi) is 2.01. The number of rotatable bonds is 0. The van der Waals surface area contributed by atoms with Crippen LogP contribution in [0.4, 0.5) is 17.1 Å². The molecule has 0 radical (unpaired) electrons. The van der Waals surface area contributed by atoms with Crippen molar-refractivity contribution in [3.8, 4) is 0 Å². The molecule has 0 saturated carbocycles. The fourth-order valence-electron chi connectivity index (χ4n) is 3.44. The van der Waals surface area contributed by atoms with Gasteiger partial charge in [-0.3, -0.25) is 4.79 Å². The van der Waals surface area contributed by atoms with Gasteiger partial charge < -0.3 is 16.0 Å². The van der Waals surface area contributed by atoms with E-state index < -0.39 is 5.66 Å². The Hall–Kier alpha value is -3.01. The van der Waals surface area contributed by atoms with Gasteiger partial charge in [0, 0.05) is 16.6 Å². The second-order valence-corrected chi connectivity index (χ2v) is 5.71. The molecule has 2 aliphatic heterocycles. The molecule has 0 aliphatic carbocycles. The quantitative estimate of drug-likeness (QED) is 0.593. The van der Waals surface area contributed by atoms with Crippen LogP contribution in [0.25, 0.3) is 10.8 Å². The fourth-order valence-corrected chi connectivity index (χ4v) is 3.44. The molecular weight excluding hydrogens is 274 g/mol. The number of fused-ring (bicyclic) bond motifs is 5. The van der Waals surface area contributed by atoms with Gasteiger partial charge in [0.05, 0.1) is 11.4 Å². The van der Waals surface area contributed by atoms with Gasteiger partial charge in [-0.2, -0.15) is 0 Å². The number of carbonyl (C=O) groups is 1. The largest absolute Gasteiger partial charge is 0.349 e.